The van der Waals surface area contributed by atoms with Crippen molar-refractivity contribution in [2.75, 3.05) is 19.5 Å². The average molecular weight is 419 g/mol. The van der Waals surface area contributed by atoms with E-state index in [2.05, 4.69) is 26.2 Å². The first-order chi connectivity index (χ1) is 12.1. The molecular weight excluding hydrogens is 404 g/mol. The second kappa shape index (κ2) is 7.67. The first-order valence-electron chi connectivity index (χ1n) is 7.35. The maximum absolute atomic E-state index is 12.3. The minimum absolute atomic E-state index is 0.199. The number of carbonyl (C=O) groups is 1. The number of methoxy groups -OCH3 is 2. The molecule has 3 aromatic rings. The van der Waals surface area contributed by atoms with Crippen molar-refractivity contribution in [2.24, 2.45) is 0 Å². The van der Waals surface area contributed by atoms with Crippen molar-refractivity contribution in [1.82, 2.24) is 4.98 Å². The van der Waals surface area contributed by atoms with Gasteiger partial charge in [0, 0.05) is 27.0 Å². The molecular formula is C18H15BrN2O3S. The van der Waals surface area contributed by atoms with Crippen LogP contribution in [0.1, 0.15) is 10.4 Å². The smallest absolute Gasteiger partial charge is 0.257 e. The molecule has 7 heteroatoms. The summed E-state index contributed by atoms with van der Waals surface area (Å²) in [4.78, 5) is 16.8. The van der Waals surface area contributed by atoms with Crippen LogP contribution in [0, 0.1) is 0 Å². The van der Waals surface area contributed by atoms with Crippen LogP contribution < -0.4 is 14.8 Å². The number of benzene rings is 2. The van der Waals surface area contributed by atoms with E-state index in [1.165, 1.54) is 11.3 Å². The van der Waals surface area contributed by atoms with Crippen LogP contribution in [0.2, 0.25) is 0 Å². The van der Waals surface area contributed by atoms with Crippen LogP contribution in [0.4, 0.5) is 5.13 Å². The molecule has 0 saturated carbocycles. The van der Waals surface area contributed by atoms with Crippen LogP contribution in [0.5, 0.6) is 11.5 Å². The third kappa shape index (κ3) is 4.00. The molecule has 5 nitrogen and oxygen atoms in total. The molecule has 25 heavy (non-hydrogen) atoms. The van der Waals surface area contributed by atoms with Crippen molar-refractivity contribution >= 4 is 38.3 Å². The van der Waals surface area contributed by atoms with E-state index in [4.69, 9.17) is 9.47 Å². The lowest BCUT2D eigenvalue weighted by atomic mass is 10.1. The van der Waals surface area contributed by atoms with E-state index >= 15 is 0 Å². The summed E-state index contributed by atoms with van der Waals surface area (Å²) in [5.74, 6) is 1.17. The molecule has 0 aliphatic heterocycles. The minimum atomic E-state index is -0.199. The Morgan fingerprint density at radius 1 is 1.12 bits per heavy atom. The second-order valence-electron chi connectivity index (χ2n) is 5.07. The SMILES string of the molecule is COc1ccc(-c2csc(NC(=O)c3ccc(Br)cc3)n2)c(OC)c1. The van der Waals surface area contributed by atoms with Gasteiger partial charge >= 0.3 is 0 Å². The van der Waals surface area contributed by atoms with Crippen molar-refractivity contribution in [3.8, 4) is 22.8 Å². The lowest BCUT2D eigenvalue weighted by Gasteiger charge is -2.08. The van der Waals surface area contributed by atoms with Gasteiger partial charge in [-0.15, -0.1) is 11.3 Å². The van der Waals surface area contributed by atoms with Gasteiger partial charge in [0.1, 0.15) is 11.5 Å². The maximum Gasteiger partial charge on any atom is 0.257 e. The van der Waals surface area contributed by atoms with Gasteiger partial charge in [-0.1, -0.05) is 15.9 Å². The van der Waals surface area contributed by atoms with E-state index in [1.807, 2.05) is 29.6 Å². The molecule has 0 aliphatic carbocycles. The number of amides is 1. The molecule has 2 aromatic carbocycles. The Morgan fingerprint density at radius 3 is 2.56 bits per heavy atom. The fourth-order valence-electron chi connectivity index (χ4n) is 2.24. The maximum atomic E-state index is 12.3. The third-order valence-electron chi connectivity index (χ3n) is 3.52. The predicted octanol–water partition coefficient (Wildman–Crippen LogP) is 4.84. The molecule has 0 atom stereocenters. The highest BCUT2D eigenvalue weighted by molar-refractivity contribution is 9.10. The lowest BCUT2D eigenvalue weighted by molar-refractivity contribution is 0.102. The minimum Gasteiger partial charge on any atom is -0.497 e. The first kappa shape index (κ1) is 17.4. The van der Waals surface area contributed by atoms with Gasteiger partial charge in [0.2, 0.25) is 0 Å². The van der Waals surface area contributed by atoms with E-state index in [-0.39, 0.29) is 5.91 Å². The number of rotatable bonds is 5. The highest BCUT2D eigenvalue weighted by Crippen LogP contribution is 2.34. The largest absolute Gasteiger partial charge is 0.497 e. The van der Waals surface area contributed by atoms with Gasteiger partial charge in [0.05, 0.1) is 19.9 Å². The number of thiazole rings is 1. The summed E-state index contributed by atoms with van der Waals surface area (Å²) < 4.78 is 11.5. The molecule has 0 spiro atoms. The van der Waals surface area contributed by atoms with Crippen molar-refractivity contribution in [3.05, 3.63) is 57.9 Å². The highest BCUT2D eigenvalue weighted by Gasteiger charge is 2.13. The molecule has 0 aliphatic rings. The second-order valence-corrected chi connectivity index (χ2v) is 6.84. The summed E-state index contributed by atoms with van der Waals surface area (Å²) in [7, 11) is 3.20. The molecule has 128 valence electrons. The molecule has 1 N–H and O–H groups in total. The standard InChI is InChI=1S/C18H15BrN2O3S/c1-23-13-7-8-14(16(9-13)24-2)15-10-25-18(20-15)21-17(22)11-3-5-12(19)6-4-11/h3-10H,1-2H3,(H,20,21,22). The Morgan fingerprint density at radius 2 is 1.88 bits per heavy atom. The Hall–Kier alpha value is -2.38. The van der Waals surface area contributed by atoms with E-state index < -0.39 is 0 Å². The van der Waals surface area contributed by atoms with E-state index in [9.17, 15) is 4.79 Å². The van der Waals surface area contributed by atoms with E-state index in [0.717, 1.165) is 15.7 Å². The zero-order chi connectivity index (χ0) is 17.8. The molecule has 1 aromatic heterocycles. The number of carbonyl (C=O) groups excluding carboxylic acids is 1. The van der Waals surface area contributed by atoms with Gasteiger partial charge in [-0.25, -0.2) is 4.98 Å². The molecule has 1 amide bonds. The van der Waals surface area contributed by atoms with Crippen LogP contribution in [0.25, 0.3) is 11.3 Å². The molecule has 0 radical (unpaired) electrons. The van der Waals surface area contributed by atoms with Crippen molar-refractivity contribution in [2.45, 2.75) is 0 Å². The third-order valence-corrected chi connectivity index (χ3v) is 4.80. The van der Waals surface area contributed by atoms with Crippen molar-refractivity contribution in [3.63, 3.8) is 0 Å². The van der Waals surface area contributed by atoms with Crippen LogP contribution in [-0.4, -0.2) is 25.1 Å². The number of nitrogens with one attached hydrogen (secondary N) is 1. The van der Waals surface area contributed by atoms with Crippen LogP contribution in [0.15, 0.2) is 52.3 Å². The summed E-state index contributed by atoms with van der Waals surface area (Å²) in [6.07, 6.45) is 0. The highest BCUT2D eigenvalue weighted by atomic mass is 79.9. The van der Waals surface area contributed by atoms with Crippen LogP contribution in [0.3, 0.4) is 0 Å². The Kier molecular flexibility index (Phi) is 5.35. The normalized spacial score (nSPS) is 10.4. The predicted molar refractivity (Wildman–Crippen MR) is 103 cm³/mol. The van der Waals surface area contributed by atoms with Crippen molar-refractivity contribution in [1.29, 1.82) is 0 Å². The number of hydrogen-bond acceptors (Lipinski definition) is 5. The Balaban J connectivity index is 1.81. The van der Waals surface area contributed by atoms with Gasteiger partial charge in [-0.2, -0.15) is 0 Å². The molecule has 0 saturated heterocycles. The number of aromatic nitrogens is 1. The summed E-state index contributed by atoms with van der Waals surface area (Å²) in [5.41, 5.74) is 2.14. The van der Waals surface area contributed by atoms with Crippen LogP contribution in [-0.2, 0) is 0 Å². The number of hydrogen-bond donors (Lipinski definition) is 1. The fraction of sp³-hybridized carbons (Fsp3) is 0.111. The van der Waals surface area contributed by atoms with Gasteiger partial charge in [-0.3, -0.25) is 10.1 Å². The Labute approximate surface area is 157 Å². The number of nitrogens with zero attached hydrogens (tertiary/aromatic N) is 1. The fourth-order valence-corrected chi connectivity index (χ4v) is 3.21. The quantitative estimate of drug-likeness (QED) is 0.643. The lowest BCUT2D eigenvalue weighted by Crippen LogP contribution is -2.11. The average Bonchev–Trinajstić information content (AvgIpc) is 3.09. The summed E-state index contributed by atoms with van der Waals surface area (Å²) >= 11 is 4.71. The van der Waals surface area contributed by atoms with Gasteiger partial charge in [0.15, 0.2) is 5.13 Å². The number of ether oxygens (including phenoxy) is 2. The van der Waals surface area contributed by atoms with Gasteiger partial charge in [-0.05, 0) is 36.4 Å². The molecule has 3 rings (SSSR count). The topological polar surface area (TPSA) is 60.5 Å². The zero-order valence-electron chi connectivity index (χ0n) is 13.6. The first-order valence-corrected chi connectivity index (χ1v) is 9.03. The zero-order valence-corrected chi connectivity index (χ0v) is 16.0. The number of anilines is 1. The number of halogens is 1. The monoisotopic (exact) mass is 418 g/mol. The van der Waals surface area contributed by atoms with E-state index in [0.29, 0.717) is 22.2 Å². The molecule has 1 heterocycles. The summed E-state index contributed by atoms with van der Waals surface area (Å²) in [6, 6.07) is 12.7. The molecule has 0 unspecified atom stereocenters. The molecule has 0 bridgehead atoms. The summed E-state index contributed by atoms with van der Waals surface area (Å²) in [5, 5.41) is 5.22. The Bertz CT molecular complexity index is 894. The van der Waals surface area contributed by atoms with Gasteiger partial charge in [0.25, 0.3) is 5.91 Å². The van der Waals surface area contributed by atoms with Crippen LogP contribution >= 0.6 is 27.3 Å². The summed E-state index contributed by atoms with van der Waals surface area (Å²) in [6.45, 7) is 0. The van der Waals surface area contributed by atoms with Gasteiger partial charge < -0.3 is 9.47 Å². The van der Waals surface area contributed by atoms with E-state index in [1.54, 1.807) is 32.4 Å². The molecule has 0 fully saturated rings. The van der Waals surface area contributed by atoms with Crippen molar-refractivity contribution < 1.29 is 14.3 Å².